The Hall–Kier alpha value is -3.02. The highest BCUT2D eigenvalue weighted by atomic mass is 16.6. The van der Waals surface area contributed by atoms with Gasteiger partial charge >= 0.3 is 12.0 Å². The average Bonchev–Trinajstić information content (AvgIpc) is 2.77. The number of amides is 2. The van der Waals surface area contributed by atoms with Crippen molar-refractivity contribution in [3.8, 4) is 5.75 Å². The van der Waals surface area contributed by atoms with Crippen LogP contribution in [0.1, 0.15) is 25.3 Å². The van der Waals surface area contributed by atoms with Crippen LogP contribution in [0.4, 0.5) is 10.5 Å². The summed E-state index contributed by atoms with van der Waals surface area (Å²) in [5.74, 6) is 0.413. The van der Waals surface area contributed by atoms with Gasteiger partial charge in [0.15, 0.2) is 0 Å². The molecule has 0 aliphatic carbocycles. The summed E-state index contributed by atoms with van der Waals surface area (Å²) < 4.78 is 11.0. The monoisotopic (exact) mass is 396 g/mol. The molecule has 2 aromatic rings. The van der Waals surface area contributed by atoms with Crippen LogP contribution < -0.4 is 10.1 Å². The summed E-state index contributed by atoms with van der Waals surface area (Å²) in [6.45, 7) is 3.73. The summed E-state index contributed by atoms with van der Waals surface area (Å²) in [6.07, 6.45) is 2.18. The van der Waals surface area contributed by atoms with Crippen molar-refractivity contribution in [3.05, 3.63) is 60.2 Å². The van der Waals surface area contributed by atoms with Gasteiger partial charge < -0.3 is 19.7 Å². The first-order chi connectivity index (χ1) is 14.2. The van der Waals surface area contributed by atoms with Gasteiger partial charge in [-0.25, -0.2) is 4.79 Å². The number of rotatable bonds is 7. The molecule has 29 heavy (non-hydrogen) atoms. The number of aryl methyl sites for hydroxylation is 1. The maximum atomic E-state index is 12.3. The lowest BCUT2D eigenvalue weighted by Gasteiger charge is -2.31. The minimum Gasteiger partial charge on any atom is -0.490 e. The number of carbonyl (C=O) groups excluding carboxylic acids is 2. The van der Waals surface area contributed by atoms with Gasteiger partial charge in [0, 0.05) is 18.8 Å². The van der Waals surface area contributed by atoms with Gasteiger partial charge in [-0.3, -0.25) is 4.79 Å². The van der Waals surface area contributed by atoms with Gasteiger partial charge in [-0.1, -0.05) is 37.3 Å². The van der Waals surface area contributed by atoms with Crippen LogP contribution in [0.3, 0.4) is 0 Å². The van der Waals surface area contributed by atoms with Gasteiger partial charge in [-0.15, -0.1) is 0 Å². The number of benzene rings is 2. The second-order valence-corrected chi connectivity index (χ2v) is 7.07. The number of para-hydroxylation sites is 1. The molecular formula is C23H28N2O4. The second kappa shape index (κ2) is 10.5. The predicted molar refractivity (Wildman–Crippen MR) is 112 cm³/mol. The third-order valence-electron chi connectivity index (χ3n) is 5.04. The topological polar surface area (TPSA) is 67.9 Å². The highest BCUT2D eigenvalue weighted by Gasteiger charge is 2.28. The highest BCUT2D eigenvalue weighted by molar-refractivity contribution is 5.89. The normalized spacial score (nSPS) is 14.3. The third-order valence-corrected chi connectivity index (χ3v) is 5.04. The van der Waals surface area contributed by atoms with E-state index in [1.165, 1.54) is 5.56 Å². The molecule has 0 atom stereocenters. The molecule has 1 saturated heterocycles. The fraction of sp³-hybridized carbons (Fsp3) is 0.391. The van der Waals surface area contributed by atoms with Crippen LogP contribution in [0, 0.1) is 5.92 Å². The van der Waals surface area contributed by atoms with Crippen molar-refractivity contribution < 1.29 is 19.1 Å². The zero-order valence-corrected chi connectivity index (χ0v) is 16.8. The van der Waals surface area contributed by atoms with E-state index in [-0.39, 0.29) is 24.5 Å². The SMILES string of the molecule is CCc1cccc(OCCOC(=O)C2CCN(C(=O)Nc3ccccc3)CC2)c1. The molecule has 0 bridgehead atoms. The fourth-order valence-electron chi connectivity index (χ4n) is 3.32. The number of esters is 1. The predicted octanol–water partition coefficient (Wildman–Crippen LogP) is 4.12. The van der Waals surface area contributed by atoms with Crippen molar-refractivity contribution in [3.63, 3.8) is 0 Å². The molecule has 6 heteroatoms. The molecule has 0 spiro atoms. The maximum absolute atomic E-state index is 12.3. The quantitative estimate of drug-likeness (QED) is 0.565. The Bertz CT molecular complexity index is 802. The number of urea groups is 1. The summed E-state index contributed by atoms with van der Waals surface area (Å²) in [5, 5.41) is 2.88. The highest BCUT2D eigenvalue weighted by Crippen LogP contribution is 2.20. The molecule has 2 amide bonds. The van der Waals surface area contributed by atoms with Crippen LogP contribution >= 0.6 is 0 Å². The summed E-state index contributed by atoms with van der Waals surface area (Å²) in [6, 6.07) is 17.1. The number of hydrogen-bond acceptors (Lipinski definition) is 4. The molecule has 1 N–H and O–H groups in total. The van der Waals surface area contributed by atoms with E-state index in [0.29, 0.717) is 32.5 Å². The molecule has 6 nitrogen and oxygen atoms in total. The van der Waals surface area contributed by atoms with Crippen molar-refractivity contribution in [2.45, 2.75) is 26.2 Å². The van der Waals surface area contributed by atoms with E-state index in [0.717, 1.165) is 17.9 Å². The van der Waals surface area contributed by atoms with E-state index in [4.69, 9.17) is 9.47 Å². The first-order valence-electron chi connectivity index (χ1n) is 10.1. The first-order valence-corrected chi connectivity index (χ1v) is 10.1. The Morgan fingerprint density at radius 2 is 1.79 bits per heavy atom. The number of hydrogen-bond donors (Lipinski definition) is 1. The van der Waals surface area contributed by atoms with Crippen molar-refractivity contribution in [2.75, 3.05) is 31.6 Å². The average molecular weight is 396 g/mol. The summed E-state index contributed by atoms with van der Waals surface area (Å²) in [4.78, 5) is 26.3. The number of ether oxygens (including phenoxy) is 2. The van der Waals surface area contributed by atoms with Crippen LogP contribution in [-0.2, 0) is 16.0 Å². The van der Waals surface area contributed by atoms with Crippen LogP contribution in [0.25, 0.3) is 0 Å². The zero-order chi connectivity index (χ0) is 20.5. The Morgan fingerprint density at radius 1 is 1.03 bits per heavy atom. The number of anilines is 1. The van der Waals surface area contributed by atoms with E-state index in [2.05, 4.69) is 18.3 Å². The molecule has 0 radical (unpaired) electrons. The summed E-state index contributed by atoms with van der Waals surface area (Å²) >= 11 is 0. The molecular weight excluding hydrogens is 368 g/mol. The molecule has 1 aliphatic rings. The fourth-order valence-corrected chi connectivity index (χ4v) is 3.32. The molecule has 0 unspecified atom stereocenters. The van der Waals surface area contributed by atoms with E-state index in [1.807, 2.05) is 48.5 Å². The van der Waals surface area contributed by atoms with E-state index in [1.54, 1.807) is 4.90 Å². The summed E-state index contributed by atoms with van der Waals surface area (Å²) in [7, 11) is 0. The van der Waals surface area contributed by atoms with Crippen molar-refractivity contribution in [2.24, 2.45) is 5.92 Å². The summed E-state index contributed by atoms with van der Waals surface area (Å²) in [5.41, 5.74) is 1.98. The minimum absolute atomic E-state index is 0.134. The van der Waals surface area contributed by atoms with Crippen LogP contribution in [0.15, 0.2) is 54.6 Å². The van der Waals surface area contributed by atoms with Gasteiger partial charge in [-0.2, -0.15) is 0 Å². The standard InChI is InChI=1S/C23H28N2O4/c1-2-18-7-6-10-21(17-18)28-15-16-29-22(26)19-11-13-25(14-12-19)23(27)24-20-8-4-3-5-9-20/h3-10,17,19H,2,11-16H2,1H3,(H,24,27). The Labute approximate surface area is 171 Å². The zero-order valence-electron chi connectivity index (χ0n) is 16.8. The van der Waals surface area contributed by atoms with Crippen molar-refractivity contribution in [1.29, 1.82) is 0 Å². The first kappa shape index (κ1) is 20.7. The van der Waals surface area contributed by atoms with Gasteiger partial charge in [0.25, 0.3) is 0 Å². The van der Waals surface area contributed by atoms with Gasteiger partial charge in [0.1, 0.15) is 19.0 Å². The van der Waals surface area contributed by atoms with Crippen LogP contribution in [0.2, 0.25) is 0 Å². The van der Waals surface area contributed by atoms with Crippen LogP contribution in [-0.4, -0.2) is 43.2 Å². The van der Waals surface area contributed by atoms with Gasteiger partial charge in [-0.05, 0) is 49.1 Å². The van der Waals surface area contributed by atoms with Gasteiger partial charge in [0.2, 0.25) is 0 Å². The Morgan fingerprint density at radius 3 is 2.52 bits per heavy atom. The van der Waals surface area contributed by atoms with Gasteiger partial charge in [0.05, 0.1) is 5.92 Å². The molecule has 0 saturated carbocycles. The lowest BCUT2D eigenvalue weighted by Crippen LogP contribution is -2.42. The van der Waals surface area contributed by atoms with Crippen LogP contribution in [0.5, 0.6) is 5.75 Å². The third kappa shape index (κ3) is 6.24. The smallest absolute Gasteiger partial charge is 0.321 e. The number of nitrogens with one attached hydrogen (secondary N) is 1. The number of likely N-dealkylation sites (tertiary alicyclic amines) is 1. The van der Waals surface area contributed by atoms with E-state index >= 15 is 0 Å². The molecule has 154 valence electrons. The molecule has 2 aromatic carbocycles. The largest absolute Gasteiger partial charge is 0.490 e. The van der Waals surface area contributed by atoms with E-state index < -0.39 is 0 Å². The second-order valence-electron chi connectivity index (χ2n) is 7.07. The Kier molecular flexibility index (Phi) is 7.50. The van der Waals surface area contributed by atoms with Crippen molar-refractivity contribution >= 4 is 17.7 Å². The van der Waals surface area contributed by atoms with Crippen molar-refractivity contribution in [1.82, 2.24) is 4.90 Å². The lowest BCUT2D eigenvalue weighted by atomic mass is 9.97. The minimum atomic E-state index is -0.209. The number of nitrogens with zero attached hydrogens (tertiary/aromatic N) is 1. The molecule has 1 heterocycles. The molecule has 1 fully saturated rings. The maximum Gasteiger partial charge on any atom is 0.321 e. The molecule has 3 rings (SSSR count). The Balaban J connectivity index is 1.34. The lowest BCUT2D eigenvalue weighted by molar-refractivity contribution is -0.150. The number of carbonyl (C=O) groups is 2. The van der Waals surface area contributed by atoms with E-state index in [9.17, 15) is 9.59 Å². The number of piperidine rings is 1. The molecule has 0 aromatic heterocycles. The molecule has 1 aliphatic heterocycles.